The number of benzene rings is 2. The van der Waals surface area contributed by atoms with Crippen LogP contribution in [-0.2, 0) is 4.79 Å². The van der Waals surface area contributed by atoms with E-state index < -0.39 is 11.6 Å². The van der Waals surface area contributed by atoms with Gasteiger partial charge in [-0.3, -0.25) is 9.78 Å². The van der Waals surface area contributed by atoms with Gasteiger partial charge in [-0.1, -0.05) is 24.8 Å². The number of piperazine rings is 1. The molecular weight excluding hydrogens is 476 g/mol. The van der Waals surface area contributed by atoms with E-state index in [0.717, 1.165) is 24.0 Å². The first-order valence-electron chi connectivity index (χ1n) is 11.8. The molecule has 4 aromatic rings. The summed E-state index contributed by atoms with van der Waals surface area (Å²) in [5.74, 6) is -2.11. The lowest BCUT2D eigenvalue weighted by Gasteiger charge is -2.34. The summed E-state index contributed by atoms with van der Waals surface area (Å²) in [4.78, 5) is 28.8. The monoisotopic (exact) mass is 501 g/mol. The minimum absolute atomic E-state index is 0.0528. The number of nitrogens with zero attached hydrogens (tertiary/aromatic N) is 5. The van der Waals surface area contributed by atoms with Gasteiger partial charge in [0, 0.05) is 55.1 Å². The van der Waals surface area contributed by atoms with Crippen LogP contribution < -0.4 is 15.5 Å². The molecule has 1 amide bonds. The second-order valence-electron chi connectivity index (χ2n) is 8.77. The maximum absolute atomic E-state index is 15.0. The van der Waals surface area contributed by atoms with E-state index in [1.165, 1.54) is 18.3 Å². The average Bonchev–Trinajstić information content (AvgIpc) is 2.92. The summed E-state index contributed by atoms with van der Waals surface area (Å²) < 4.78 is 30.0. The number of amides is 1. The first-order chi connectivity index (χ1) is 17.9. The molecular formula is C27H25F2N7O. The summed E-state index contributed by atoms with van der Waals surface area (Å²) in [6.45, 7) is 6.28. The Kier molecular flexibility index (Phi) is 6.74. The highest BCUT2D eigenvalue weighted by atomic mass is 19.2. The van der Waals surface area contributed by atoms with E-state index in [9.17, 15) is 9.18 Å². The highest BCUT2D eigenvalue weighted by Crippen LogP contribution is 2.31. The fraction of sp³-hybridized carbons (Fsp3) is 0.185. The second kappa shape index (κ2) is 10.3. The van der Waals surface area contributed by atoms with Crippen molar-refractivity contribution < 1.29 is 13.6 Å². The summed E-state index contributed by atoms with van der Waals surface area (Å²) >= 11 is 0. The molecule has 10 heteroatoms. The van der Waals surface area contributed by atoms with Gasteiger partial charge in [-0.2, -0.15) is 0 Å². The Balaban J connectivity index is 1.45. The van der Waals surface area contributed by atoms with Crippen molar-refractivity contribution in [3.05, 3.63) is 79.3 Å². The van der Waals surface area contributed by atoms with Crippen LogP contribution in [0.2, 0.25) is 0 Å². The lowest BCUT2D eigenvalue weighted by Crippen LogP contribution is -2.44. The third-order valence-corrected chi connectivity index (χ3v) is 6.27. The smallest absolute Gasteiger partial charge is 0.247 e. The molecule has 1 saturated heterocycles. The zero-order valence-electron chi connectivity index (χ0n) is 20.2. The zero-order valence-corrected chi connectivity index (χ0v) is 20.2. The van der Waals surface area contributed by atoms with Crippen LogP contribution in [0.4, 0.5) is 31.8 Å². The Morgan fingerprint density at radius 1 is 1.05 bits per heavy atom. The van der Waals surface area contributed by atoms with Crippen LogP contribution in [0.3, 0.4) is 0 Å². The molecule has 5 rings (SSSR count). The van der Waals surface area contributed by atoms with Gasteiger partial charge in [-0.25, -0.2) is 18.7 Å². The molecule has 8 nitrogen and oxygen atoms in total. The highest BCUT2D eigenvalue weighted by molar-refractivity contribution is 6.00. The summed E-state index contributed by atoms with van der Waals surface area (Å²) in [6, 6.07) is 10.4. The van der Waals surface area contributed by atoms with Crippen molar-refractivity contribution in [2.75, 3.05) is 48.8 Å². The maximum atomic E-state index is 15.0. The van der Waals surface area contributed by atoms with Gasteiger partial charge in [0.05, 0.1) is 28.8 Å². The van der Waals surface area contributed by atoms with Crippen LogP contribution in [-0.4, -0.2) is 59.0 Å². The molecule has 2 aromatic carbocycles. The maximum Gasteiger partial charge on any atom is 0.247 e. The van der Waals surface area contributed by atoms with Gasteiger partial charge < -0.3 is 20.4 Å². The summed E-state index contributed by atoms with van der Waals surface area (Å²) in [6.07, 6.45) is 5.97. The minimum atomic E-state index is -0.983. The SMILES string of the molecule is C=CC(=O)Nc1cncc(-c2cccc3cnc(Nc4ccc(N5CCN(C)CC5)c(F)c4F)nc23)c1. The van der Waals surface area contributed by atoms with Crippen LogP contribution in [0.25, 0.3) is 22.0 Å². The Morgan fingerprint density at radius 2 is 1.86 bits per heavy atom. The predicted octanol–water partition coefficient (Wildman–Crippen LogP) is 4.59. The third-order valence-electron chi connectivity index (χ3n) is 6.27. The molecule has 0 spiro atoms. The number of carbonyl (C=O) groups is 1. The highest BCUT2D eigenvalue weighted by Gasteiger charge is 2.22. The van der Waals surface area contributed by atoms with Crippen LogP contribution in [0.5, 0.6) is 0 Å². The van der Waals surface area contributed by atoms with E-state index in [-0.39, 0.29) is 23.2 Å². The van der Waals surface area contributed by atoms with Gasteiger partial charge in [-0.05, 0) is 31.3 Å². The van der Waals surface area contributed by atoms with Gasteiger partial charge in [0.15, 0.2) is 11.6 Å². The average molecular weight is 502 g/mol. The number of likely N-dealkylation sites (N-methyl/N-ethyl adjacent to an activating group) is 1. The number of carbonyl (C=O) groups excluding carboxylic acids is 1. The number of para-hydroxylation sites is 1. The largest absolute Gasteiger partial charge is 0.367 e. The molecule has 0 aliphatic carbocycles. The number of halogens is 2. The second-order valence-corrected chi connectivity index (χ2v) is 8.77. The van der Waals surface area contributed by atoms with Crippen molar-refractivity contribution >= 4 is 39.8 Å². The van der Waals surface area contributed by atoms with Crippen LogP contribution >= 0.6 is 0 Å². The Labute approximate surface area is 212 Å². The molecule has 0 radical (unpaired) electrons. The Bertz CT molecular complexity index is 1490. The zero-order chi connectivity index (χ0) is 25.9. The topological polar surface area (TPSA) is 86.3 Å². The van der Waals surface area contributed by atoms with E-state index in [2.05, 4.69) is 37.1 Å². The van der Waals surface area contributed by atoms with Crippen molar-refractivity contribution in [2.45, 2.75) is 0 Å². The van der Waals surface area contributed by atoms with Crippen LogP contribution in [0.1, 0.15) is 0 Å². The number of pyridine rings is 1. The number of nitrogens with one attached hydrogen (secondary N) is 2. The number of anilines is 4. The number of hydrogen-bond donors (Lipinski definition) is 2. The molecule has 0 saturated carbocycles. The van der Waals surface area contributed by atoms with Gasteiger partial charge in [0.25, 0.3) is 0 Å². The first kappa shape index (κ1) is 24.3. The van der Waals surface area contributed by atoms with Gasteiger partial charge >= 0.3 is 0 Å². The molecule has 0 atom stereocenters. The standard InChI is InChI=1S/C27H25F2N7O/c1-3-23(37)32-19-13-18(14-30-16-19)20-6-4-5-17-15-31-27(34-26(17)20)33-21-7-8-22(25(29)24(21)28)36-11-9-35(2)10-12-36/h3-8,13-16H,1,9-12H2,2H3,(H,32,37)(H,31,33,34). The molecule has 2 N–H and O–H groups in total. The normalized spacial score (nSPS) is 14.0. The molecule has 0 unspecified atom stereocenters. The molecule has 1 aliphatic rings. The number of hydrogen-bond acceptors (Lipinski definition) is 7. The molecule has 0 bridgehead atoms. The van der Waals surface area contributed by atoms with Gasteiger partial charge in [-0.15, -0.1) is 0 Å². The number of aromatic nitrogens is 3. The number of fused-ring (bicyclic) bond motifs is 1. The lowest BCUT2D eigenvalue weighted by molar-refractivity contribution is -0.111. The van der Waals surface area contributed by atoms with E-state index in [1.807, 2.05) is 30.1 Å². The predicted molar refractivity (Wildman–Crippen MR) is 141 cm³/mol. The first-order valence-corrected chi connectivity index (χ1v) is 11.8. The Hall–Kier alpha value is -4.44. The van der Waals surface area contributed by atoms with E-state index in [0.29, 0.717) is 29.9 Å². The fourth-order valence-corrected chi connectivity index (χ4v) is 4.25. The quantitative estimate of drug-likeness (QED) is 0.374. The molecule has 2 aromatic heterocycles. The van der Waals surface area contributed by atoms with E-state index in [1.54, 1.807) is 24.5 Å². The molecule has 188 valence electrons. The fourth-order valence-electron chi connectivity index (χ4n) is 4.25. The van der Waals surface area contributed by atoms with Crippen molar-refractivity contribution in [1.29, 1.82) is 0 Å². The van der Waals surface area contributed by atoms with Crippen molar-refractivity contribution in [1.82, 2.24) is 19.9 Å². The van der Waals surface area contributed by atoms with E-state index >= 15 is 4.39 Å². The van der Waals surface area contributed by atoms with Crippen molar-refractivity contribution in [3.63, 3.8) is 0 Å². The molecule has 3 heterocycles. The summed E-state index contributed by atoms with van der Waals surface area (Å²) in [5.41, 5.74) is 2.73. The molecule has 37 heavy (non-hydrogen) atoms. The summed E-state index contributed by atoms with van der Waals surface area (Å²) in [5, 5.41) is 6.26. The minimum Gasteiger partial charge on any atom is -0.367 e. The van der Waals surface area contributed by atoms with Crippen LogP contribution in [0.15, 0.2) is 67.6 Å². The summed E-state index contributed by atoms with van der Waals surface area (Å²) in [7, 11) is 2.00. The molecule has 1 fully saturated rings. The van der Waals surface area contributed by atoms with Crippen molar-refractivity contribution in [3.8, 4) is 11.1 Å². The third kappa shape index (κ3) is 5.10. The lowest BCUT2D eigenvalue weighted by atomic mass is 10.0. The number of rotatable bonds is 6. The van der Waals surface area contributed by atoms with Gasteiger partial charge in [0.2, 0.25) is 11.9 Å². The molecule has 1 aliphatic heterocycles. The van der Waals surface area contributed by atoms with Crippen LogP contribution in [0, 0.1) is 11.6 Å². The van der Waals surface area contributed by atoms with Gasteiger partial charge in [0.1, 0.15) is 0 Å². The Morgan fingerprint density at radius 3 is 2.65 bits per heavy atom. The van der Waals surface area contributed by atoms with Crippen molar-refractivity contribution in [2.24, 2.45) is 0 Å². The van der Waals surface area contributed by atoms with E-state index in [4.69, 9.17) is 0 Å².